The summed E-state index contributed by atoms with van der Waals surface area (Å²) in [5, 5.41) is 5.04. The van der Waals surface area contributed by atoms with Crippen molar-refractivity contribution in [2.45, 2.75) is 11.1 Å². The molecule has 3 aromatic rings. The molecule has 0 saturated heterocycles. The van der Waals surface area contributed by atoms with Crippen LogP contribution in [0.4, 0.5) is 22.0 Å². The molecule has 0 aliphatic heterocycles. The van der Waals surface area contributed by atoms with Crippen molar-refractivity contribution in [2.24, 2.45) is 5.14 Å². The van der Waals surface area contributed by atoms with E-state index in [1.54, 1.807) is 0 Å². The van der Waals surface area contributed by atoms with Gasteiger partial charge in [0.05, 0.1) is 17.6 Å². The number of rotatable bonds is 4. The lowest BCUT2D eigenvalue weighted by Gasteiger charge is -2.16. The number of hydrogen-bond donors (Lipinski definition) is 1. The smallest absolute Gasteiger partial charge is 0.419 e. The van der Waals surface area contributed by atoms with Gasteiger partial charge in [-0.25, -0.2) is 22.3 Å². The highest BCUT2D eigenvalue weighted by Crippen LogP contribution is 2.41. The predicted octanol–water partition coefficient (Wildman–Crippen LogP) is 4.97. The minimum atomic E-state index is -4.74. The summed E-state index contributed by atoms with van der Waals surface area (Å²) in [4.78, 5) is -0.209. The summed E-state index contributed by atoms with van der Waals surface area (Å²) in [5.74, 6) is -2.89. The second kappa shape index (κ2) is 7.69. The number of alkyl halides is 3. The van der Waals surface area contributed by atoms with Gasteiger partial charge in [0.2, 0.25) is 10.0 Å². The van der Waals surface area contributed by atoms with Crippen LogP contribution in [-0.2, 0) is 16.2 Å². The Balaban J connectivity index is 2.23. The molecule has 0 heterocycles. The Hall–Kier alpha value is -2.98. The van der Waals surface area contributed by atoms with Crippen LogP contribution in [-0.4, -0.2) is 15.5 Å². The summed E-state index contributed by atoms with van der Waals surface area (Å²) in [6.07, 6.45) is -4.74. The number of nitrogens with two attached hydrogens (primary N) is 1. The number of halogens is 5. The molecule has 0 spiro atoms. The molecule has 3 rings (SSSR count). The largest absolute Gasteiger partial charge is 0.496 e. The van der Waals surface area contributed by atoms with E-state index >= 15 is 0 Å². The Bertz CT molecular complexity index is 1210. The Morgan fingerprint density at radius 1 is 0.833 bits per heavy atom. The molecular weight excluding hydrogens is 429 g/mol. The van der Waals surface area contributed by atoms with Crippen molar-refractivity contribution in [1.29, 1.82) is 0 Å². The van der Waals surface area contributed by atoms with Crippen LogP contribution in [0.3, 0.4) is 0 Å². The van der Waals surface area contributed by atoms with Crippen LogP contribution in [0.15, 0.2) is 59.5 Å². The van der Waals surface area contributed by atoms with Gasteiger partial charge in [-0.15, -0.1) is 0 Å². The first-order chi connectivity index (χ1) is 13.9. The van der Waals surface area contributed by atoms with E-state index in [0.717, 1.165) is 43.5 Å². The van der Waals surface area contributed by atoms with Crippen LogP contribution in [0, 0.1) is 11.6 Å². The molecular formula is C20H14F5NO3S. The van der Waals surface area contributed by atoms with Crippen LogP contribution < -0.4 is 9.88 Å². The first-order valence-corrected chi connectivity index (χ1v) is 9.84. The van der Waals surface area contributed by atoms with Gasteiger partial charge in [0.1, 0.15) is 5.75 Å². The average molecular weight is 443 g/mol. The molecule has 30 heavy (non-hydrogen) atoms. The van der Waals surface area contributed by atoms with Crippen LogP contribution in [0.1, 0.15) is 5.56 Å². The van der Waals surface area contributed by atoms with Crippen molar-refractivity contribution >= 4 is 10.0 Å². The van der Waals surface area contributed by atoms with Crippen LogP contribution in [0.25, 0.3) is 22.3 Å². The van der Waals surface area contributed by atoms with Crippen LogP contribution >= 0.6 is 0 Å². The Morgan fingerprint density at radius 2 is 1.33 bits per heavy atom. The molecule has 3 aromatic carbocycles. The lowest BCUT2D eigenvalue weighted by molar-refractivity contribution is -0.138. The fraction of sp³-hybridized carbons (Fsp3) is 0.100. The third-order valence-corrected chi connectivity index (χ3v) is 5.30. The second-order valence-electron chi connectivity index (χ2n) is 6.29. The molecule has 0 radical (unpaired) electrons. The van der Waals surface area contributed by atoms with Crippen molar-refractivity contribution in [3.63, 3.8) is 0 Å². The highest BCUT2D eigenvalue weighted by atomic mass is 32.2. The molecule has 0 amide bonds. The SMILES string of the molecule is COc1ccc(-c2cc(F)c(F)cc2-c2ccc(S(N)(=O)=O)cc2)cc1C(F)(F)F. The van der Waals surface area contributed by atoms with Gasteiger partial charge >= 0.3 is 6.18 Å². The van der Waals surface area contributed by atoms with Crippen molar-refractivity contribution in [3.05, 3.63) is 71.8 Å². The predicted molar refractivity (Wildman–Crippen MR) is 100 cm³/mol. The highest BCUT2D eigenvalue weighted by Gasteiger charge is 2.34. The molecule has 0 bridgehead atoms. The fourth-order valence-corrected chi connectivity index (χ4v) is 3.46. The van der Waals surface area contributed by atoms with Crippen molar-refractivity contribution in [1.82, 2.24) is 0 Å². The number of ether oxygens (including phenoxy) is 1. The van der Waals surface area contributed by atoms with Gasteiger partial charge in [-0.1, -0.05) is 18.2 Å². The Morgan fingerprint density at radius 3 is 1.80 bits per heavy atom. The second-order valence-corrected chi connectivity index (χ2v) is 7.86. The summed E-state index contributed by atoms with van der Waals surface area (Å²) in [6, 6.07) is 9.64. The van der Waals surface area contributed by atoms with E-state index in [1.807, 2.05) is 0 Å². The molecule has 0 atom stereocenters. The van der Waals surface area contributed by atoms with Crippen molar-refractivity contribution < 1.29 is 35.1 Å². The molecule has 0 aliphatic carbocycles. The lowest BCUT2D eigenvalue weighted by atomic mass is 9.93. The molecule has 4 nitrogen and oxygen atoms in total. The van der Waals surface area contributed by atoms with Gasteiger partial charge in [0, 0.05) is 0 Å². The lowest BCUT2D eigenvalue weighted by Crippen LogP contribution is -2.11. The number of sulfonamides is 1. The number of primary sulfonamides is 1. The fourth-order valence-electron chi connectivity index (χ4n) is 2.95. The number of hydrogen-bond acceptors (Lipinski definition) is 3. The topological polar surface area (TPSA) is 69.4 Å². The molecule has 10 heteroatoms. The van der Waals surface area contributed by atoms with Crippen LogP contribution in [0.2, 0.25) is 0 Å². The zero-order valence-electron chi connectivity index (χ0n) is 15.3. The molecule has 0 aliphatic rings. The molecule has 0 unspecified atom stereocenters. The van der Waals surface area contributed by atoms with E-state index < -0.39 is 39.1 Å². The Kier molecular flexibility index (Phi) is 5.57. The minimum absolute atomic E-state index is 0.0228. The first-order valence-electron chi connectivity index (χ1n) is 8.29. The molecule has 158 valence electrons. The molecule has 0 fully saturated rings. The zero-order valence-corrected chi connectivity index (χ0v) is 16.1. The standard InChI is InChI=1S/C20H14F5NO3S/c1-29-19-7-4-12(8-16(19)20(23,24)25)15-10-18(22)17(21)9-14(15)11-2-5-13(6-3-11)30(26,27)28/h2-10H,1H3,(H2,26,27,28). The average Bonchev–Trinajstić information content (AvgIpc) is 2.68. The summed E-state index contributed by atoms with van der Waals surface area (Å²) in [6.45, 7) is 0. The number of benzene rings is 3. The maximum Gasteiger partial charge on any atom is 0.419 e. The zero-order chi connectivity index (χ0) is 22.3. The van der Waals surface area contributed by atoms with E-state index in [-0.39, 0.29) is 27.1 Å². The first kappa shape index (κ1) is 21.7. The summed E-state index contributed by atoms with van der Waals surface area (Å²) in [5.41, 5.74) is -0.824. The molecule has 0 aromatic heterocycles. The van der Waals surface area contributed by atoms with Crippen LogP contribution in [0.5, 0.6) is 5.75 Å². The van der Waals surface area contributed by atoms with Gasteiger partial charge in [0.25, 0.3) is 0 Å². The molecule has 2 N–H and O–H groups in total. The van der Waals surface area contributed by atoms with Gasteiger partial charge in [-0.2, -0.15) is 13.2 Å². The van der Waals surface area contributed by atoms with E-state index in [9.17, 15) is 30.4 Å². The summed E-state index contributed by atoms with van der Waals surface area (Å²) >= 11 is 0. The normalized spacial score (nSPS) is 12.1. The van der Waals surface area contributed by atoms with E-state index in [1.165, 1.54) is 18.2 Å². The maximum atomic E-state index is 13.9. The third kappa shape index (κ3) is 4.29. The van der Waals surface area contributed by atoms with Gasteiger partial charge in [-0.05, 0) is 58.7 Å². The summed E-state index contributed by atoms with van der Waals surface area (Å²) < 4.78 is 95.5. The van der Waals surface area contributed by atoms with E-state index in [2.05, 4.69) is 0 Å². The Labute approximate surface area is 168 Å². The minimum Gasteiger partial charge on any atom is -0.496 e. The van der Waals surface area contributed by atoms with Crippen molar-refractivity contribution in [3.8, 4) is 28.0 Å². The summed E-state index contributed by atoms with van der Waals surface area (Å²) in [7, 11) is -2.90. The highest BCUT2D eigenvalue weighted by molar-refractivity contribution is 7.89. The number of methoxy groups -OCH3 is 1. The van der Waals surface area contributed by atoms with E-state index in [0.29, 0.717) is 0 Å². The molecule has 0 saturated carbocycles. The monoisotopic (exact) mass is 443 g/mol. The maximum absolute atomic E-state index is 13.9. The van der Waals surface area contributed by atoms with E-state index in [4.69, 9.17) is 9.88 Å². The van der Waals surface area contributed by atoms with Gasteiger partial charge in [-0.3, -0.25) is 0 Å². The van der Waals surface area contributed by atoms with Gasteiger partial charge < -0.3 is 4.74 Å². The third-order valence-electron chi connectivity index (χ3n) is 4.37. The quantitative estimate of drug-likeness (QED) is 0.579. The van der Waals surface area contributed by atoms with Crippen molar-refractivity contribution in [2.75, 3.05) is 7.11 Å². The van der Waals surface area contributed by atoms with Gasteiger partial charge in [0.15, 0.2) is 11.6 Å².